The van der Waals surface area contributed by atoms with Gasteiger partial charge in [0.2, 0.25) is 0 Å². The number of carbonyl (C=O) groups excluding carboxylic acids is 1. The molecule has 6 nitrogen and oxygen atoms in total. The smallest absolute Gasteiger partial charge is 0.254 e. The van der Waals surface area contributed by atoms with Crippen LogP contribution >= 0.6 is 0 Å². The molecule has 0 radical (unpaired) electrons. The lowest BCUT2D eigenvalue weighted by atomic mass is 10.2. The van der Waals surface area contributed by atoms with Crippen molar-refractivity contribution in [2.24, 2.45) is 0 Å². The second kappa shape index (κ2) is 5.90. The molecule has 0 saturated carbocycles. The van der Waals surface area contributed by atoms with Gasteiger partial charge in [-0.15, -0.1) is 0 Å². The van der Waals surface area contributed by atoms with E-state index in [4.69, 9.17) is 9.47 Å². The Hall–Kier alpha value is -2.50. The number of benzene rings is 1. The number of nitrogens with zero attached hydrogens (tertiary/aromatic N) is 1. The molecule has 0 fully saturated rings. The quantitative estimate of drug-likeness (QED) is 0.852. The molecular weight excluding hydrogens is 246 g/mol. The first-order valence-electron chi connectivity index (χ1n) is 5.72. The van der Waals surface area contributed by atoms with Crippen molar-refractivity contribution in [3.8, 4) is 11.5 Å². The number of nitrogens with one attached hydrogen (secondary N) is 2. The van der Waals surface area contributed by atoms with Gasteiger partial charge in [0.1, 0.15) is 11.5 Å². The third kappa shape index (κ3) is 3.04. The Balaban J connectivity index is 2.08. The van der Waals surface area contributed by atoms with Gasteiger partial charge in [-0.1, -0.05) is 0 Å². The molecule has 1 aromatic heterocycles. The summed E-state index contributed by atoms with van der Waals surface area (Å²) >= 11 is 0. The predicted octanol–water partition coefficient (Wildman–Crippen LogP) is 1.36. The molecule has 2 N–H and O–H groups in total. The summed E-state index contributed by atoms with van der Waals surface area (Å²) < 4.78 is 10.4. The molecule has 0 aliphatic heterocycles. The minimum atomic E-state index is -0.196. The van der Waals surface area contributed by atoms with E-state index in [1.807, 2.05) is 6.07 Å². The van der Waals surface area contributed by atoms with Crippen molar-refractivity contribution in [2.45, 2.75) is 6.54 Å². The maximum atomic E-state index is 11.8. The van der Waals surface area contributed by atoms with Gasteiger partial charge in [-0.05, 0) is 18.2 Å². The highest BCUT2D eigenvalue weighted by Crippen LogP contribution is 2.23. The SMILES string of the molecule is COc1ccc(OC)c(CNC(=O)c2cn[nH]c2)c1. The van der Waals surface area contributed by atoms with E-state index in [1.165, 1.54) is 12.4 Å². The van der Waals surface area contributed by atoms with Crippen LogP contribution in [-0.4, -0.2) is 30.3 Å². The summed E-state index contributed by atoms with van der Waals surface area (Å²) in [7, 11) is 3.18. The van der Waals surface area contributed by atoms with Crippen LogP contribution in [0, 0.1) is 0 Å². The van der Waals surface area contributed by atoms with Crippen LogP contribution in [0.4, 0.5) is 0 Å². The fraction of sp³-hybridized carbons (Fsp3) is 0.231. The average molecular weight is 261 g/mol. The van der Waals surface area contributed by atoms with Crippen molar-refractivity contribution in [3.05, 3.63) is 41.7 Å². The molecular formula is C13H15N3O3. The molecule has 0 spiro atoms. The van der Waals surface area contributed by atoms with Crippen molar-refractivity contribution in [1.29, 1.82) is 0 Å². The summed E-state index contributed by atoms with van der Waals surface area (Å²) in [6, 6.07) is 5.44. The molecule has 0 saturated heterocycles. The molecule has 1 aromatic carbocycles. The summed E-state index contributed by atoms with van der Waals surface area (Å²) in [5, 5.41) is 9.12. The van der Waals surface area contributed by atoms with Gasteiger partial charge >= 0.3 is 0 Å². The molecule has 100 valence electrons. The van der Waals surface area contributed by atoms with Gasteiger partial charge in [-0.3, -0.25) is 9.89 Å². The molecule has 0 unspecified atom stereocenters. The van der Waals surface area contributed by atoms with Crippen LogP contribution in [0.5, 0.6) is 11.5 Å². The van der Waals surface area contributed by atoms with Crippen molar-refractivity contribution < 1.29 is 14.3 Å². The van der Waals surface area contributed by atoms with Gasteiger partial charge < -0.3 is 14.8 Å². The zero-order chi connectivity index (χ0) is 13.7. The first kappa shape index (κ1) is 12.9. The number of aromatic amines is 1. The summed E-state index contributed by atoms with van der Waals surface area (Å²) in [6.07, 6.45) is 3.01. The average Bonchev–Trinajstić information content (AvgIpc) is 2.98. The number of hydrogen-bond acceptors (Lipinski definition) is 4. The highest BCUT2D eigenvalue weighted by atomic mass is 16.5. The van der Waals surface area contributed by atoms with E-state index < -0.39 is 0 Å². The lowest BCUT2D eigenvalue weighted by molar-refractivity contribution is 0.0950. The van der Waals surface area contributed by atoms with E-state index in [1.54, 1.807) is 26.4 Å². The maximum Gasteiger partial charge on any atom is 0.254 e. The standard InChI is InChI=1S/C13H15N3O3/c1-18-11-3-4-12(19-2)9(5-11)6-14-13(17)10-7-15-16-8-10/h3-5,7-8H,6H2,1-2H3,(H,14,17)(H,15,16). The molecule has 1 heterocycles. The van der Waals surface area contributed by atoms with E-state index in [9.17, 15) is 4.79 Å². The van der Waals surface area contributed by atoms with Crippen LogP contribution in [0.25, 0.3) is 0 Å². The van der Waals surface area contributed by atoms with Crippen LogP contribution in [0.2, 0.25) is 0 Å². The number of rotatable bonds is 5. The molecule has 6 heteroatoms. The molecule has 2 rings (SSSR count). The Morgan fingerprint density at radius 1 is 1.37 bits per heavy atom. The highest BCUT2D eigenvalue weighted by molar-refractivity contribution is 5.93. The Morgan fingerprint density at radius 3 is 2.84 bits per heavy atom. The highest BCUT2D eigenvalue weighted by Gasteiger charge is 2.09. The summed E-state index contributed by atoms with van der Waals surface area (Å²) in [5.41, 5.74) is 1.33. The Morgan fingerprint density at radius 2 is 2.21 bits per heavy atom. The van der Waals surface area contributed by atoms with Gasteiger partial charge in [-0.25, -0.2) is 0 Å². The van der Waals surface area contributed by atoms with Gasteiger partial charge in [0, 0.05) is 18.3 Å². The molecule has 0 aliphatic carbocycles. The second-order valence-corrected chi connectivity index (χ2v) is 3.85. The first-order chi connectivity index (χ1) is 9.24. The van der Waals surface area contributed by atoms with E-state index >= 15 is 0 Å². The molecule has 19 heavy (non-hydrogen) atoms. The second-order valence-electron chi connectivity index (χ2n) is 3.85. The zero-order valence-corrected chi connectivity index (χ0v) is 10.8. The van der Waals surface area contributed by atoms with Gasteiger partial charge in [-0.2, -0.15) is 5.10 Å². The van der Waals surface area contributed by atoms with Crippen LogP contribution < -0.4 is 14.8 Å². The number of H-pyrrole nitrogens is 1. The number of aromatic nitrogens is 2. The fourth-order valence-electron chi connectivity index (χ4n) is 1.67. The van der Waals surface area contributed by atoms with Crippen LogP contribution in [0.1, 0.15) is 15.9 Å². The first-order valence-corrected chi connectivity index (χ1v) is 5.72. The molecule has 0 atom stereocenters. The fourth-order valence-corrected chi connectivity index (χ4v) is 1.67. The minimum absolute atomic E-state index is 0.196. The van der Waals surface area contributed by atoms with E-state index in [2.05, 4.69) is 15.5 Å². The molecule has 0 aliphatic rings. The monoisotopic (exact) mass is 261 g/mol. The van der Waals surface area contributed by atoms with Crippen LogP contribution in [-0.2, 0) is 6.54 Å². The third-order valence-electron chi connectivity index (χ3n) is 2.69. The normalized spacial score (nSPS) is 10.0. The van der Waals surface area contributed by atoms with Gasteiger partial charge in [0.25, 0.3) is 5.91 Å². The third-order valence-corrected chi connectivity index (χ3v) is 2.69. The van der Waals surface area contributed by atoms with Crippen LogP contribution in [0.3, 0.4) is 0 Å². The number of amides is 1. The number of ether oxygens (including phenoxy) is 2. The van der Waals surface area contributed by atoms with Crippen molar-refractivity contribution in [3.63, 3.8) is 0 Å². The maximum absolute atomic E-state index is 11.8. The molecule has 2 aromatic rings. The Labute approximate surface area is 110 Å². The van der Waals surface area contributed by atoms with Gasteiger partial charge in [0.15, 0.2) is 0 Å². The van der Waals surface area contributed by atoms with Crippen LogP contribution in [0.15, 0.2) is 30.6 Å². The summed E-state index contributed by atoms with van der Waals surface area (Å²) in [5.74, 6) is 1.22. The lowest BCUT2D eigenvalue weighted by Crippen LogP contribution is -2.22. The Kier molecular flexibility index (Phi) is 4.02. The van der Waals surface area contributed by atoms with Crippen molar-refractivity contribution >= 4 is 5.91 Å². The minimum Gasteiger partial charge on any atom is -0.497 e. The van der Waals surface area contributed by atoms with Gasteiger partial charge in [0.05, 0.1) is 26.0 Å². The number of hydrogen-bond donors (Lipinski definition) is 2. The van der Waals surface area contributed by atoms with Crippen molar-refractivity contribution in [1.82, 2.24) is 15.5 Å². The Bertz CT molecular complexity index is 552. The topological polar surface area (TPSA) is 76.2 Å². The zero-order valence-electron chi connectivity index (χ0n) is 10.8. The van der Waals surface area contributed by atoms with E-state index in [0.717, 1.165) is 5.56 Å². The number of methoxy groups -OCH3 is 2. The molecule has 1 amide bonds. The van der Waals surface area contributed by atoms with E-state index in [0.29, 0.717) is 23.6 Å². The number of carbonyl (C=O) groups is 1. The van der Waals surface area contributed by atoms with Crippen molar-refractivity contribution in [2.75, 3.05) is 14.2 Å². The van der Waals surface area contributed by atoms with E-state index in [-0.39, 0.29) is 5.91 Å². The molecule has 0 bridgehead atoms. The largest absolute Gasteiger partial charge is 0.497 e. The summed E-state index contributed by atoms with van der Waals surface area (Å²) in [4.78, 5) is 11.8. The lowest BCUT2D eigenvalue weighted by Gasteiger charge is -2.11. The summed E-state index contributed by atoms with van der Waals surface area (Å²) in [6.45, 7) is 0.352. The predicted molar refractivity (Wildman–Crippen MR) is 69.3 cm³/mol.